The highest BCUT2D eigenvalue weighted by Gasteiger charge is 2.30. The van der Waals surface area contributed by atoms with Crippen molar-refractivity contribution < 1.29 is 27.1 Å². The molecule has 0 saturated carbocycles. The number of ether oxygens (including phenoxy) is 1. The average molecular weight is 307 g/mol. The first kappa shape index (κ1) is 17.4. The topological polar surface area (TPSA) is 29.5 Å². The molecule has 0 atom stereocenters. The van der Waals surface area contributed by atoms with Crippen LogP contribution >= 0.6 is 0 Å². The molecule has 0 fully saturated rings. The molecule has 0 aromatic heterocycles. The smallest absolute Gasteiger partial charge is 0.401 e. The fraction of sp³-hybridized carbons (Fsp3) is 0.500. The molecule has 0 unspecified atom stereocenters. The van der Waals surface area contributed by atoms with Crippen LogP contribution in [0.3, 0.4) is 0 Å². The summed E-state index contributed by atoms with van der Waals surface area (Å²) in [4.78, 5) is 13.1. The molecule has 1 aromatic rings. The predicted octanol–water partition coefficient (Wildman–Crippen LogP) is 3.29. The number of halogens is 4. The molecular formula is C14H17F4NO2. The van der Waals surface area contributed by atoms with E-state index in [4.69, 9.17) is 4.74 Å². The van der Waals surface area contributed by atoms with E-state index in [0.29, 0.717) is 0 Å². The Morgan fingerprint density at radius 3 is 2.52 bits per heavy atom. The van der Waals surface area contributed by atoms with Gasteiger partial charge in [0.1, 0.15) is 11.6 Å². The van der Waals surface area contributed by atoms with Gasteiger partial charge in [0, 0.05) is 13.0 Å². The van der Waals surface area contributed by atoms with E-state index >= 15 is 0 Å². The Labute approximate surface area is 120 Å². The highest BCUT2D eigenvalue weighted by atomic mass is 19.4. The van der Waals surface area contributed by atoms with Gasteiger partial charge in [-0.2, -0.15) is 13.2 Å². The van der Waals surface area contributed by atoms with E-state index < -0.39 is 24.3 Å². The molecule has 3 nitrogen and oxygen atoms in total. The summed E-state index contributed by atoms with van der Waals surface area (Å²) in [6, 6.07) is 3.94. The lowest BCUT2D eigenvalue weighted by molar-refractivity contribution is -0.145. The minimum Gasteiger partial charge on any atom is -0.496 e. The first-order chi connectivity index (χ1) is 9.78. The molecule has 118 valence electrons. The largest absolute Gasteiger partial charge is 0.496 e. The summed E-state index contributed by atoms with van der Waals surface area (Å²) < 4.78 is 55.5. The Balaban J connectivity index is 2.74. The van der Waals surface area contributed by atoms with Crippen molar-refractivity contribution in [3.05, 3.63) is 29.6 Å². The number of alkyl halides is 3. The van der Waals surface area contributed by atoms with Crippen molar-refractivity contribution in [2.75, 3.05) is 26.7 Å². The van der Waals surface area contributed by atoms with Crippen LogP contribution in [0, 0.1) is 5.82 Å². The molecule has 0 radical (unpaired) electrons. The van der Waals surface area contributed by atoms with Crippen molar-refractivity contribution in [3.63, 3.8) is 0 Å². The zero-order valence-corrected chi connectivity index (χ0v) is 11.8. The number of ketones is 1. The average Bonchev–Trinajstić information content (AvgIpc) is 2.41. The molecule has 7 heteroatoms. The van der Waals surface area contributed by atoms with Crippen LogP contribution in [0.25, 0.3) is 0 Å². The monoisotopic (exact) mass is 307 g/mol. The van der Waals surface area contributed by atoms with Crippen LogP contribution in [-0.2, 0) is 0 Å². The molecule has 0 aliphatic heterocycles. The molecule has 0 aliphatic rings. The number of benzene rings is 1. The minimum atomic E-state index is -4.32. The van der Waals surface area contributed by atoms with E-state index in [1.807, 2.05) is 0 Å². The van der Waals surface area contributed by atoms with E-state index in [1.54, 1.807) is 6.92 Å². The van der Waals surface area contributed by atoms with Crippen molar-refractivity contribution in [3.8, 4) is 5.75 Å². The normalized spacial score (nSPS) is 11.8. The van der Waals surface area contributed by atoms with Gasteiger partial charge in [-0.3, -0.25) is 9.69 Å². The molecule has 0 amide bonds. The van der Waals surface area contributed by atoms with Gasteiger partial charge < -0.3 is 4.74 Å². The molecule has 21 heavy (non-hydrogen) atoms. The first-order valence-electron chi connectivity index (χ1n) is 6.43. The number of carbonyl (C=O) groups excluding carboxylic acids is 1. The lowest BCUT2D eigenvalue weighted by atomic mass is 10.1. The van der Waals surface area contributed by atoms with Gasteiger partial charge in [0.25, 0.3) is 0 Å². The number of carbonyl (C=O) groups is 1. The van der Waals surface area contributed by atoms with E-state index in [1.165, 1.54) is 19.2 Å². The van der Waals surface area contributed by atoms with E-state index in [2.05, 4.69) is 0 Å². The van der Waals surface area contributed by atoms with Gasteiger partial charge in [0.15, 0.2) is 5.78 Å². The molecular weight excluding hydrogens is 290 g/mol. The molecule has 1 aromatic carbocycles. The van der Waals surface area contributed by atoms with Gasteiger partial charge >= 0.3 is 6.18 Å². The fourth-order valence-corrected chi connectivity index (χ4v) is 1.93. The van der Waals surface area contributed by atoms with Crippen LogP contribution in [0.4, 0.5) is 17.6 Å². The number of hydrogen-bond donors (Lipinski definition) is 0. The van der Waals surface area contributed by atoms with Gasteiger partial charge in [-0.25, -0.2) is 4.39 Å². The lowest BCUT2D eigenvalue weighted by Crippen LogP contribution is -2.35. The Kier molecular flexibility index (Phi) is 6.14. The summed E-state index contributed by atoms with van der Waals surface area (Å²) >= 11 is 0. The van der Waals surface area contributed by atoms with Gasteiger partial charge in [-0.1, -0.05) is 13.0 Å². The van der Waals surface area contributed by atoms with Gasteiger partial charge in [0.2, 0.25) is 0 Å². The number of rotatable bonds is 7. The minimum absolute atomic E-state index is 0.0823. The SMILES string of the molecule is CCN(CCC(=O)c1c(F)cccc1OC)CC(F)(F)F. The second kappa shape index (κ2) is 7.40. The van der Waals surface area contributed by atoms with Crippen LogP contribution in [-0.4, -0.2) is 43.6 Å². The summed E-state index contributed by atoms with van der Waals surface area (Å²) in [5.74, 6) is -1.23. The van der Waals surface area contributed by atoms with Gasteiger partial charge in [0.05, 0.1) is 19.2 Å². The first-order valence-corrected chi connectivity index (χ1v) is 6.43. The van der Waals surface area contributed by atoms with Crippen molar-refractivity contribution in [1.82, 2.24) is 4.90 Å². The van der Waals surface area contributed by atoms with E-state index in [-0.39, 0.29) is 30.8 Å². The zero-order valence-electron chi connectivity index (χ0n) is 11.8. The van der Waals surface area contributed by atoms with Gasteiger partial charge in [-0.05, 0) is 18.7 Å². The molecule has 0 heterocycles. The molecule has 0 N–H and O–H groups in total. The maximum atomic E-state index is 13.7. The second-order valence-corrected chi connectivity index (χ2v) is 4.47. The van der Waals surface area contributed by atoms with Crippen LogP contribution in [0.5, 0.6) is 5.75 Å². The van der Waals surface area contributed by atoms with Crippen LogP contribution in [0.2, 0.25) is 0 Å². The van der Waals surface area contributed by atoms with Crippen molar-refractivity contribution >= 4 is 5.78 Å². The molecule has 0 bridgehead atoms. The molecule has 0 aliphatic carbocycles. The number of nitrogens with zero attached hydrogens (tertiary/aromatic N) is 1. The van der Waals surface area contributed by atoms with Crippen LogP contribution < -0.4 is 4.74 Å². The molecule has 0 spiro atoms. The lowest BCUT2D eigenvalue weighted by Gasteiger charge is -2.21. The highest BCUT2D eigenvalue weighted by molar-refractivity contribution is 5.99. The fourth-order valence-electron chi connectivity index (χ4n) is 1.93. The zero-order chi connectivity index (χ0) is 16.0. The van der Waals surface area contributed by atoms with Crippen molar-refractivity contribution in [2.45, 2.75) is 19.5 Å². The second-order valence-electron chi connectivity index (χ2n) is 4.47. The Hall–Kier alpha value is -1.63. The Morgan fingerprint density at radius 2 is 2.00 bits per heavy atom. The maximum absolute atomic E-state index is 13.7. The quantitative estimate of drug-likeness (QED) is 0.572. The summed E-state index contributed by atoms with van der Waals surface area (Å²) in [6.45, 7) is 0.540. The van der Waals surface area contributed by atoms with Crippen molar-refractivity contribution in [1.29, 1.82) is 0 Å². The third-order valence-corrected chi connectivity index (χ3v) is 2.98. The van der Waals surface area contributed by atoms with Gasteiger partial charge in [-0.15, -0.1) is 0 Å². The van der Waals surface area contributed by atoms with E-state index in [9.17, 15) is 22.4 Å². The summed E-state index contributed by atoms with van der Waals surface area (Å²) in [7, 11) is 1.30. The van der Waals surface area contributed by atoms with Crippen LogP contribution in [0.1, 0.15) is 23.7 Å². The number of Topliss-reactive ketones (excluding diaryl/α,β-unsaturated/α-hetero) is 1. The predicted molar refractivity (Wildman–Crippen MR) is 70.1 cm³/mol. The standard InChI is InChI=1S/C14H17F4NO2/c1-3-19(9-14(16,17)18)8-7-11(20)13-10(15)5-4-6-12(13)21-2/h4-6H,3,7-9H2,1-2H3. The summed E-state index contributed by atoms with van der Waals surface area (Å²) in [5.41, 5.74) is -0.219. The Morgan fingerprint density at radius 1 is 1.33 bits per heavy atom. The highest BCUT2D eigenvalue weighted by Crippen LogP contribution is 2.23. The van der Waals surface area contributed by atoms with E-state index in [0.717, 1.165) is 11.0 Å². The molecule has 1 rings (SSSR count). The third-order valence-electron chi connectivity index (χ3n) is 2.98. The summed E-state index contributed by atoms with van der Waals surface area (Å²) in [5, 5.41) is 0. The van der Waals surface area contributed by atoms with Crippen molar-refractivity contribution in [2.24, 2.45) is 0 Å². The summed E-state index contributed by atoms with van der Waals surface area (Å²) in [6.07, 6.45) is -4.53. The number of methoxy groups -OCH3 is 1. The Bertz CT molecular complexity index is 488. The number of hydrogen-bond acceptors (Lipinski definition) is 3. The third kappa shape index (κ3) is 5.34. The maximum Gasteiger partial charge on any atom is 0.401 e. The van der Waals surface area contributed by atoms with Crippen LogP contribution in [0.15, 0.2) is 18.2 Å². The molecule has 0 saturated heterocycles.